The quantitative estimate of drug-likeness (QED) is 0.750. The van der Waals surface area contributed by atoms with Gasteiger partial charge in [0.2, 0.25) is 0 Å². The molecule has 86 valence electrons. The molecule has 0 saturated heterocycles. The first-order valence-electron chi connectivity index (χ1n) is 4.42. The van der Waals surface area contributed by atoms with Crippen LogP contribution in [0.25, 0.3) is 0 Å². The maximum atomic E-state index is 11.8. The second-order valence-electron chi connectivity index (χ2n) is 3.02. The van der Waals surface area contributed by atoms with Crippen molar-refractivity contribution in [3.05, 3.63) is 29.8 Å². The predicted octanol–water partition coefficient (Wildman–Crippen LogP) is 2.32. The van der Waals surface area contributed by atoms with Crippen molar-refractivity contribution >= 4 is 0 Å². The van der Waals surface area contributed by atoms with Gasteiger partial charge in [0.15, 0.2) is 0 Å². The van der Waals surface area contributed by atoms with Crippen LogP contribution in [0.5, 0.6) is 5.75 Å². The van der Waals surface area contributed by atoms with Gasteiger partial charge in [0.25, 0.3) is 0 Å². The molecule has 5 heteroatoms. The zero-order valence-electron chi connectivity index (χ0n) is 8.38. The first-order chi connectivity index (χ1) is 7.37. The molecule has 1 unspecified atom stereocenters. The summed E-state index contributed by atoms with van der Waals surface area (Å²) < 4.78 is 39.1. The molecule has 0 aromatic heterocycles. The lowest BCUT2D eigenvalue weighted by atomic mass is 10.2. The molecule has 0 bridgehead atoms. The molecule has 0 heterocycles. The van der Waals surface area contributed by atoms with Gasteiger partial charge >= 0.3 is 6.36 Å². The van der Waals surface area contributed by atoms with E-state index in [0.29, 0.717) is 5.56 Å². The molecule has 1 N–H and O–H groups in total. The summed E-state index contributed by atoms with van der Waals surface area (Å²) in [6.45, 7) is 1.49. The van der Waals surface area contributed by atoms with Crippen molar-refractivity contribution in [1.82, 2.24) is 0 Å². The molecule has 1 rings (SSSR count). The van der Waals surface area contributed by atoms with Crippen LogP contribution in [0.2, 0.25) is 0 Å². The zero-order chi connectivity index (χ0) is 12.2. The van der Waals surface area contributed by atoms with E-state index in [4.69, 9.17) is 5.11 Å². The normalized spacial score (nSPS) is 12.6. The fourth-order valence-corrected chi connectivity index (χ4v) is 0.928. The maximum absolute atomic E-state index is 11.8. The fraction of sp³-hybridized carbons (Fsp3) is 0.273. The van der Waals surface area contributed by atoms with E-state index in [0.717, 1.165) is 0 Å². The molecule has 1 aromatic carbocycles. The van der Waals surface area contributed by atoms with Gasteiger partial charge in [-0.2, -0.15) is 0 Å². The highest BCUT2D eigenvalue weighted by molar-refractivity contribution is 5.38. The molecule has 16 heavy (non-hydrogen) atoms. The molecule has 2 nitrogen and oxygen atoms in total. The van der Waals surface area contributed by atoms with E-state index >= 15 is 0 Å². The molecule has 0 aliphatic carbocycles. The van der Waals surface area contributed by atoms with Crippen molar-refractivity contribution in [2.24, 2.45) is 0 Å². The molecule has 1 aromatic rings. The number of aliphatic hydroxyl groups excluding tert-OH is 1. The number of hydrogen-bond donors (Lipinski definition) is 1. The minimum Gasteiger partial charge on any atom is -0.406 e. The Labute approximate surface area is 90.7 Å². The third-order valence-corrected chi connectivity index (χ3v) is 1.51. The highest BCUT2D eigenvalue weighted by atomic mass is 19.4. The first kappa shape index (κ1) is 12.4. The van der Waals surface area contributed by atoms with Gasteiger partial charge in [0.1, 0.15) is 11.9 Å². The smallest absolute Gasteiger partial charge is 0.406 e. The first-order valence-corrected chi connectivity index (χ1v) is 4.42. The van der Waals surface area contributed by atoms with E-state index in [2.05, 4.69) is 16.6 Å². The van der Waals surface area contributed by atoms with E-state index in [1.54, 1.807) is 0 Å². The number of rotatable bonds is 1. The zero-order valence-corrected chi connectivity index (χ0v) is 8.38. The molecule has 0 fully saturated rings. The van der Waals surface area contributed by atoms with Crippen LogP contribution in [0.4, 0.5) is 13.2 Å². The summed E-state index contributed by atoms with van der Waals surface area (Å²) in [5.41, 5.74) is 0.510. The summed E-state index contributed by atoms with van der Waals surface area (Å²) >= 11 is 0. The van der Waals surface area contributed by atoms with E-state index in [1.807, 2.05) is 0 Å². The van der Waals surface area contributed by atoms with Crippen molar-refractivity contribution < 1.29 is 23.0 Å². The Hall–Kier alpha value is -1.67. The van der Waals surface area contributed by atoms with E-state index < -0.39 is 12.5 Å². The molecule has 0 amide bonds. The van der Waals surface area contributed by atoms with Crippen LogP contribution in [0, 0.1) is 11.8 Å². The lowest BCUT2D eigenvalue weighted by molar-refractivity contribution is -0.274. The summed E-state index contributed by atoms with van der Waals surface area (Å²) in [7, 11) is 0. The second kappa shape index (κ2) is 4.90. The summed E-state index contributed by atoms with van der Waals surface area (Å²) in [6, 6.07) is 5.10. The summed E-state index contributed by atoms with van der Waals surface area (Å²) in [5, 5.41) is 8.87. The van der Waals surface area contributed by atoms with Crippen LogP contribution >= 0.6 is 0 Å². The fourth-order valence-electron chi connectivity index (χ4n) is 0.928. The number of benzene rings is 1. The highest BCUT2D eigenvalue weighted by Crippen LogP contribution is 2.22. The molecule has 0 radical (unpaired) electrons. The van der Waals surface area contributed by atoms with Crippen LogP contribution in [0.3, 0.4) is 0 Å². The van der Waals surface area contributed by atoms with E-state index in [-0.39, 0.29) is 5.75 Å². The molecular formula is C11H9F3O2. The molecular weight excluding hydrogens is 221 g/mol. The van der Waals surface area contributed by atoms with Crippen molar-refractivity contribution in [2.75, 3.05) is 0 Å². The summed E-state index contributed by atoms with van der Waals surface area (Å²) in [6.07, 6.45) is -5.46. The lowest BCUT2D eigenvalue weighted by Crippen LogP contribution is -2.16. The van der Waals surface area contributed by atoms with Crippen molar-refractivity contribution in [3.63, 3.8) is 0 Å². The number of hydrogen-bond acceptors (Lipinski definition) is 2. The van der Waals surface area contributed by atoms with Gasteiger partial charge in [-0.3, -0.25) is 0 Å². The Kier molecular flexibility index (Phi) is 3.80. The highest BCUT2D eigenvalue weighted by Gasteiger charge is 2.30. The van der Waals surface area contributed by atoms with Crippen LogP contribution in [-0.2, 0) is 0 Å². The van der Waals surface area contributed by atoms with E-state index in [9.17, 15) is 13.2 Å². The molecule has 0 aliphatic rings. The Balaban J connectivity index is 2.73. The number of aliphatic hydroxyl groups is 1. The Morgan fingerprint density at radius 3 is 2.25 bits per heavy atom. The topological polar surface area (TPSA) is 29.5 Å². The van der Waals surface area contributed by atoms with Crippen molar-refractivity contribution in [1.29, 1.82) is 0 Å². The van der Waals surface area contributed by atoms with Gasteiger partial charge in [0, 0.05) is 5.56 Å². The van der Waals surface area contributed by atoms with E-state index in [1.165, 1.54) is 31.2 Å². The maximum Gasteiger partial charge on any atom is 0.573 e. The summed E-state index contributed by atoms with van der Waals surface area (Å²) in [5.74, 6) is 4.77. The van der Waals surface area contributed by atoms with Crippen molar-refractivity contribution in [2.45, 2.75) is 19.4 Å². The second-order valence-corrected chi connectivity index (χ2v) is 3.02. The predicted molar refractivity (Wildman–Crippen MR) is 51.7 cm³/mol. The minimum absolute atomic E-state index is 0.296. The lowest BCUT2D eigenvalue weighted by Gasteiger charge is -2.07. The molecule has 0 saturated carbocycles. The monoisotopic (exact) mass is 230 g/mol. The Bertz CT molecular complexity index is 396. The van der Waals surface area contributed by atoms with Crippen LogP contribution in [0.1, 0.15) is 12.5 Å². The number of halogens is 3. The van der Waals surface area contributed by atoms with Crippen LogP contribution < -0.4 is 4.74 Å². The third-order valence-electron chi connectivity index (χ3n) is 1.51. The van der Waals surface area contributed by atoms with Crippen LogP contribution in [0.15, 0.2) is 24.3 Å². The number of alkyl halides is 3. The average molecular weight is 230 g/mol. The van der Waals surface area contributed by atoms with Gasteiger partial charge in [-0.1, -0.05) is 11.8 Å². The third kappa shape index (κ3) is 4.71. The minimum atomic E-state index is -4.69. The number of ether oxygens (including phenoxy) is 1. The van der Waals surface area contributed by atoms with Gasteiger partial charge in [-0.15, -0.1) is 13.2 Å². The van der Waals surface area contributed by atoms with Crippen molar-refractivity contribution in [3.8, 4) is 17.6 Å². The Morgan fingerprint density at radius 2 is 1.81 bits per heavy atom. The standard InChI is InChI=1S/C11H9F3O2/c1-8(15)2-3-9-4-6-10(7-5-9)16-11(12,13)14/h4-8,15H,1H3. The molecule has 0 spiro atoms. The Morgan fingerprint density at radius 1 is 1.25 bits per heavy atom. The van der Waals surface area contributed by atoms with Gasteiger partial charge < -0.3 is 9.84 Å². The summed E-state index contributed by atoms with van der Waals surface area (Å²) in [4.78, 5) is 0. The average Bonchev–Trinajstić information content (AvgIpc) is 2.14. The SMILES string of the molecule is CC(O)C#Cc1ccc(OC(F)(F)F)cc1. The largest absolute Gasteiger partial charge is 0.573 e. The van der Waals surface area contributed by atoms with Gasteiger partial charge in [-0.25, -0.2) is 0 Å². The van der Waals surface area contributed by atoms with Gasteiger partial charge in [-0.05, 0) is 31.2 Å². The molecule has 0 aliphatic heterocycles. The molecule has 1 atom stereocenters. The van der Waals surface area contributed by atoms with Crippen LogP contribution in [-0.4, -0.2) is 17.6 Å². The van der Waals surface area contributed by atoms with Gasteiger partial charge in [0.05, 0.1) is 0 Å².